The van der Waals surface area contributed by atoms with E-state index in [1.54, 1.807) is 12.1 Å². The molecule has 3 N–H and O–H groups in total. The van der Waals surface area contributed by atoms with Crippen LogP contribution < -0.4 is 16.0 Å². The lowest BCUT2D eigenvalue weighted by molar-refractivity contribution is -0.136. The molecule has 11 heteroatoms. The predicted molar refractivity (Wildman–Crippen MR) is 142 cm³/mol. The highest BCUT2D eigenvalue weighted by atomic mass is 16.5. The molecule has 2 aliphatic heterocycles. The number of unbranched alkanes of at least 4 members (excludes halogenated alkanes) is 5. The van der Waals surface area contributed by atoms with Crippen LogP contribution >= 0.6 is 0 Å². The number of piperidine rings is 1. The third kappa shape index (κ3) is 8.44. The SMILES string of the molecule is CC(C)OCC(=O)NCCCCCCCCNC(=O)Cc1cccc2c1C(=O)N(C1CCC(=O)NC1=O)C2=O. The van der Waals surface area contributed by atoms with Gasteiger partial charge >= 0.3 is 0 Å². The molecule has 6 amide bonds. The number of ether oxygens (including phenoxy) is 1. The Labute approximate surface area is 228 Å². The van der Waals surface area contributed by atoms with Crippen molar-refractivity contribution in [1.29, 1.82) is 0 Å². The van der Waals surface area contributed by atoms with Crippen LogP contribution in [0.1, 0.15) is 91.5 Å². The smallest absolute Gasteiger partial charge is 0.262 e. The minimum atomic E-state index is -1.04. The van der Waals surface area contributed by atoms with E-state index >= 15 is 0 Å². The first-order valence-corrected chi connectivity index (χ1v) is 13.7. The molecule has 3 rings (SSSR count). The molecule has 2 heterocycles. The predicted octanol–water partition coefficient (Wildman–Crippen LogP) is 1.63. The Morgan fingerprint density at radius 3 is 2.23 bits per heavy atom. The second kappa shape index (κ2) is 14.5. The van der Waals surface area contributed by atoms with Crippen molar-refractivity contribution < 1.29 is 33.5 Å². The maximum absolute atomic E-state index is 13.1. The van der Waals surface area contributed by atoms with Crippen molar-refractivity contribution in [2.24, 2.45) is 0 Å². The summed E-state index contributed by atoms with van der Waals surface area (Å²) in [5, 5.41) is 7.88. The number of amides is 6. The molecule has 11 nitrogen and oxygen atoms in total. The van der Waals surface area contributed by atoms with E-state index in [0.717, 1.165) is 43.4 Å². The second-order valence-corrected chi connectivity index (χ2v) is 10.1. The zero-order valence-electron chi connectivity index (χ0n) is 22.7. The maximum Gasteiger partial charge on any atom is 0.262 e. The van der Waals surface area contributed by atoms with Crippen molar-refractivity contribution in [1.82, 2.24) is 20.9 Å². The van der Waals surface area contributed by atoms with Crippen LogP contribution in [0.4, 0.5) is 0 Å². The molecule has 0 saturated carbocycles. The molecule has 212 valence electrons. The third-order valence-electron chi connectivity index (χ3n) is 6.70. The fraction of sp³-hybridized carbons (Fsp3) is 0.571. The molecule has 0 bridgehead atoms. The van der Waals surface area contributed by atoms with Crippen molar-refractivity contribution in [2.75, 3.05) is 19.7 Å². The van der Waals surface area contributed by atoms with E-state index in [-0.39, 0.29) is 54.9 Å². The minimum Gasteiger partial charge on any atom is -0.369 e. The highest BCUT2D eigenvalue weighted by molar-refractivity contribution is 6.24. The monoisotopic (exact) mass is 542 g/mol. The zero-order valence-corrected chi connectivity index (χ0v) is 22.7. The van der Waals surface area contributed by atoms with Crippen LogP contribution in [0.3, 0.4) is 0 Å². The molecule has 0 aromatic heterocycles. The third-order valence-corrected chi connectivity index (χ3v) is 6.70. The average Bonchev–Trinajstić information content (AvgIpc) is 3.14. The lowest BCUT2D eigenvalue weighted by atomic mass is 10.00. The molecule has 1 atom stereocenters. The van der Waals surface area contributed by atoms with Crippen LogP contribution in [0.15, 0.2) is 18.2 Å². The summed E-state index contributed by atoms with van der Waals surface area (Å²) in [6.45, 7) is 5.01. The van der Waals surface area contributed by atoms with E-state index in [4.69, 9.17) is 4.74 Å². The van der Waals surface area contributed by atoms with Gasteiger partial charge in [0.2, 0.25) is 23.6 Å². The molecule has 1 aromatic rings. The van der Waals surface area contributed by atoms with Crippen molar-refractivity contribution in [3.8, 4) is 0 Å². The van der Waals surface area contributed by atoms with Gasteiger partial charge in [0.15, 0.2) is 0 Å². The number of fused-ring (bicyclic) bond motifs is 1. The number of hydrogen-bond acceptors (Lipinski definition) is 7. The van der Waals surface area contributed by atoms with E-state index in [9.17, 15) is 28.8 Å². The lowest BCUT2D eigenvalue weighted by Crippen LogP contribution is -2.54. The van der Waals surface area contributed by atoms with Crippen LogP contribution in [0.2, 0.25) is 0 Å². The highest BCUT2D eigenvalue weighted by Gasteiger charge is 2.45. The van der Waals surface area contributed by atoms with Crippen molar-refractivity contribution >= 4 is 35.4 Å². The summed E-state index contributed by atoms with van der Waals surface area (Å²) < 4.78 is 5.25. The Kier molecular flexibility index (Phi) is 11.2. The number of nitrogens with one attached hydrogen (secondary N) is 3. The van der Waals surface area contributed by atoms with Gasteiger partial charge in [0.25, 0.3) is 11.8 Å². The fourth-order valence-electron chi connectivity index (χ4n) is 4.67. The van der Waals surface area contributed by atoms with E-state index in [0.29, 0.717) is 18.7 Å². The summed E-state index contributed by atoms with van der Waals surface area (Å²) >= 11 is 0. The first-order chi connectivity index (χ1) is 18.7. The van der Waals surface area contributed by atoms with Gasteiger partial charge in [-0.2, -0.15) is 0 Å². The van der Waals surface area contributed by atoms with Gasteiger partial charge in [0.1, 0.15) is 12.6 Å². The van der Waals surface area contributed by atoms with Crippen LogP contribution in [0.5, 0.6) is 0 Å². The van der Waals surface area contributed by atoms with E-state index in [1.807, 2.05) is 13.8 Å². The van der Waals surface area contributed by atoms with Gasteiger partial charge < -0.3 is 15.4 Å². The van der Waals surface area contributed by atoms with Gasteiger partial charge in [-0.3, -0.25) is 39.0 Å². The van der Waals surface area contributed by atoms with Gasteiger partial charge in [0, 0.05) is 19.5 Å². The Balaban J connectivity index is 1.35. The van der Waals surface area contributed by atoms with E-state index in [2.05, 4.69) is 16.0 Å². The zero-order chi connectivity index (χ0) is 28.4. The van der Waals surface area contributed by atoms with Crippen molar-refractivity contribution in [3.63, 3.8) is 0 Å². The molecule has 1 fully saturated rings. The molecule has 1 saturated heterocycles. The number of carbonyl (C=O) groups is 6. The lowest BCUT2D eigenvalue weighted by Gasteiger charge is -2.27. The molecule has 0 spiro atoms. The second-order valence-electron chi connectivity index (χ2n) is 10.1. The van der Waals surface area contributed by atoms with Crippen molar-refractivity contribution in [2.45, 2.75) is 83.8 Å². The number of hydrogen-bond donors (Lipinski definition) is 3. The summed E-state index contributed by atoms with van der Waals surface area (Å²) in [6.07, 6.45) is 5.88. The van der Waals surface area contributed by atoms with Crippen LogP contribution in [0, 0.1) is 0 Å². The average molecular weight is 543 g/mol. The largest absolute Gasteiger partial charge is 0.369 e. The number of benzene rings is 1. The van der Waals surface area contributed by atoms with E-state index < -0.39 is 29.7 Å². The minimum absolute atomic E-state index is 0.0345. The molecular formula is C28H38N4O7. The fourth-order valence-corrected chi connectivity index (χ4v) is 4.67. The van der Waals surface area contributed by atoms with Gasteiger partial charge in [-0.15, -0.1) is 0 Å². The molecule has 2 aliphatic rings. The van der Waals surface area contributed by atoms with Gasteiger partial charge in [-0.1, -0.05) is 37.8 Å². The van der Waals surface area contributed by atoms with E-state index in [1.165, 1.54) is 6.07 Å². The Morgan fingerprint density at radius 1 is 0.949 bits per heavy atom. The molecule has 1 aromatic carbocycles. The van der Waals surface area contributed by atoms with Gasteiger partial charge in [-0.05, 0) is 44.7 Å². The number of imide groups is 2. The Morgan fingerprint density at radius 2 is 1.59 bits per heavy atom. The van der Waals surface area contributed by atoms with Crippen LogP contribution in [-0.4, -0.2) is 72.2 Å². The van der Waals surface area contributed by atoms with Gasteiger partial charge in [0.05, 0.1) is 23.7 Å². The number of carbonyl (C=O) groups excluding carboxylic acids is 6. The normalized spacial score (nSPS) is 16.9. The summed E-state index contributed by atoms with van der Waals surface area (Å²) in [5.41, 5.74) is 0.741. The number of nitrogens with zero attached hydrogens (tertiary/aromatic N) is 1. The van der Waals surface area contributed by atoms with Crippen LogP contribution in [0.25, 0.3) is 0 Å². The summed E-state index contributed by atoms with van der Waals surface area (Å²) in [4.78, 5) is 74.8. The topological polar surface area (TPSA) is 151 Å². The molecule has 0 radical (unpaired) electrons. The first kappa shape index (κ1) is 29.9. The highest BCUT2D eigenvalue weighted by Crippen LogP contribution is 2.30. The number of rotatable bonds is 15. The maximum atomic E-state index is 13.1. The van der Waals surface area contributed by atoms with Crippen LogP contribution in [-0.2, 0) is 30.3 Å². The Bertz CT molecular complexity index is 1100. The first-order valence-electron chi connectivity index (χ1n) is 13.7. The summed E-state index contributed by atoms with van der Waals surface area (Å²) in [7, 11) is 0. The molecule has 39 heavy (non-hydrogen) atoms. The summed E-state index contributed by atoms with van der Waals surface area (Å²) in [6, 6.07) is 3.72. The van der Waals surface area contributed by atoms with Gasteiger partial charge in [-0.25, -0.2) is 0 Å². The standard InChI is InChI=1S/C28H38N4O7/c1-18(2)39-17-24(35)30-15-8-6-4-3-5-7-14-29-23(34)16-19-10-9-11-20-25(19)28(38)32(27(20)37)21-12-13-22(33)31-26(21)36/h9-11,18,21H,3-8,12-17H2,1-2H3,(H,29,34)(H,30,35)(H,31,33,36). The molecule has 1 unspecified atom stereocenters. The Hall–Kier alpha value is -3.60. The summed E-state index contributed by atoms with van der Waals surface area (Å²) in [5.74, 6) is -2.65. The molecule has 0 aliphatic carbocycles. The quantitative estimate of drug-likeness (QED) is 0.225. The van der Waals surface area contributed by atoms with Crippen molar-refractivity contribution in [3.05, 3.63) is 34.9 Å². The molecular weight excluding hydrogens is 504 g/mol.